The summed E-state index contributed by atoms with van der Waals surface area (Å²) in [5, 5.41) is 17.8. The van der Waals surface area contributed by atoms with Crippen LogP contribution in [0.1, 0.15) is 36.5 Å². The Morgan fingerprint density at radius 3 is 2.79 bits per heavy atom. The summed E-state index contributed by atoms with van der Waals surface area (Å²) in [5.41, 5.74) is 0.0975. The molecule has 3 saturated heterocycles. The van der Waals surface area contributed by atoms with E-state index < -0.39 is 11.6 Å². The van der Waals surface area contributed by atoms with Gasteiger partial charge in [-0.15, -0.1) is 5.10 Å². The van der Waals surface area contributed by atoms with Gasteiger partial charge in [-0.2, -0.15) is 0 Å². The number of hydrogen-bond acceptors (Lipinski definition) is 10. The van der Waals surface area contributed by atoms with E-state index in [2.05, 4.69) is 36.3 Å². The third kappa shape index (κ3) is 5.45. The first kappa shape index (κ1) is 26.0. The average Bonchev–Trinajstić information content (AvgIpc) is 3.75. The molecule has 3 aromatic rings. The minimum absolute atomic E-state index is 0.181. The van der Waals surface area contributed by atoms with Gasteiger partial charge in [-0.25, -0.2) is 18.7 Å². The molecule has 1 aromatic carbocycles. The van der Waals surface area contributed by atoms with E-state index >= 15 is 0 Å². The number of anilines is 1. The number of ether oxygens (including phenoxy) is 2. The first-order chi connectivity index (χ1) is 19.1. The highest BCUT2D eigenvalue weighted by Crippen LogP contribution is 2.46. The lowest BCUT2D eigenvalue weighted by Gasteiger charge is -2.45. The molecule has 3 N–H and O–H groups in total. The van der Waals surface area contributed by atoms with Crippen LogP contribution in [0.25, 0.3) is 0 Å². The Balaban J connectivity index is 1.10. The molecule has 1 unspecified atom stereocenters. The maximum Gasteiger partial charge on any atom is 0.223 e. The van der Waals surface area contributed by atoms with Crippen molar-refractivity contribution in [2.75, 3.05) is 51.3 Å². The standard InChI is InChI=1S/C27H33F2N7O3/c28-18-1-2-23(29)20(9-18)21-12-31-14-24(21)35-26-32-10-19(11-33-26)38-8-5-27(25-15-34-36-39-25)4-6-30-13-22(27)17-3-7-37-16-17/h1-2,9-11,15,17,21-22,24,30-31H,3-8,12-14,16H2,(H,32,33,35)/t17-,21-,22?,24+,27+/m1/s1. The van der Waals surface area contributed by atoms with E-state index in [9.17, 15) is 8.78 Å². The molecule has 0 spiro atoms. The summed E-state index contributed by atoms with van der Waals surface area (Å²) < 4.78 is 45.6. The molecule has 10 nitrogen and oxygen atoms in total. The summed E-state index contributed by atoms with van der Waals surface area (Å²) in [6.45, 7) is 4.87. The van der Waals surface area contributed by atoms with Gasteiger partial charge in [0.05, 0.1) is 25.2 Å². The molecule has 0 amide bonds. The largest absolute Gasteiger partial charge is 0.490 e. The summed E-state index contributed by atoms with van der Waals surface area (Å²) in [4.78, 5) is 8.83. The van der Waals surface area contributed by atoms with Gasteiger partial charge in [-0.05, 0) is 68.0 Å². The number of halogens is 2. The number of aromatic nitrogens is 4. The van der Waals surface area contributed by atoms with E-state index in [1.54, 1.807) is 18.6 Å². The Morgan fingerprint density at radius 2 is 2.00 bits per heavy atom. The van der Waals surface area contributed by atoms with Crippen molar-refractivity contribution in [2.45, 2.75) is 36.6 Å². The topological polar surface area (TPSA) is 119 Å². The zero-order valence-electron chi connectivity index (χ0n) is 21.6. The quantitative estimate of drug-likeness (QED) is 0.373. The van der Waals surface area contributed by atoms with Crippen molar-refractivity contribution in [2.24, 2.45) is 11.8 Å². The van der Waals surface area contributed by atoms with Crippen LogP contribution in [0, 0.1) is 23.5 Å². The summed E-state index contributed by atoms with van der Waals surface area (Å²) in [6.07, 6.45) is 7.66. The molecule has 0 bridgehead atoms. The molecule has 3 aliphatic rings. The monoisotopic (exact) mass is 541 g/mol. The molecule has 0 radical (unpaired) electrons. The lowest BCUT2D eigenvalue weighted by atomic mass is 9.62. The highest BCUT2D eigenvalue weighted by atomic mass is 19.1. The van der Waals surface area contributed by atoms with Gasteiger partial charge in [0, 0.05) is 48.9 Å². The van der Waals surface area contributed by atoms with Gasteiger partial charge in [0.15, 0.2) is 11.5 Å². The molecule has 0 saturated carbocycles. The van der Waals surface area contributed by atoms with Gasteiger partial charge < -0.3 is 29.9 Å². The van der Waals surface area contributed by atoms with Crippen molar-refractivity contribution in [1.82, 2.24) is 31.0 Å². The van der Waals surface area contributed by atoms with Crippen LogP contribution in [0.3, 0.4) is 0 Å². The van der Waals surface area contributed by atoms with Crippen molar-refractivity contribution in [3.05, 3.63) is 59.7 Å². The molecule has 12 heteroatoms. The van der Waals surface area contributed by atoms with Crippen molar-refractivity contribution < 1.29 is 22.8 Å². The van der Waals surface area contributed by atoms with Crippen molar-refractivity contribution >= 4 is 5.95 Å². The zero-order valence-corrected chi connectivity index (χ0v) is 21.6. The fraction of sp³-hybridized carbons (Fsp3) is 0.556. The molecule has 2 aromatic heterocycles. The molecule has 5 heterocycles. The van der Waals surface area contributed by atoms with Crippen LogP contribution < -0.4 is 20.7 Å². The van der Waals surface area contributed by atoms with Crippen molar-refractivity contribution in [1.29, 1.82) is 0 Å². The van der Waals surface area contributed by atoms with Crippen LogP contribution in [0.15, 0.2) is 41.3 Å². The smallest absolute Gasteiger partial charge is 0.223 e. The minimum atomic E-state index is -0.455. The first-order valence-corrected chi connectivity index (χ1v) is 13.6. The summed E-state index contributed by atoms with van der Waals surface area (Å²) >= 11 is 0. The third-order valence-electron chi connectivity index (χ3n) is 8.54. The molecule has 3 aliphatic heterocycles. The Labute approximate surface area is 225 Å². The fourth-order valence-electron chi connectivity index (χ4n) is 6.50. The second-order valence-corrected chi connectivity index (χ2v) is 10.6. The Kier molecular flexibility index (Phi) is 7.67. The number of nitrogens with zero attached hydrogens (tertiary/aromatic N) is 4. The summed E-state index contributed by atoms with van der Waals surface area (Å²) in [6, 6.07) is 3.37. The van der Waals surface area contributed by atoms with Crippen LogP contribution in [0.5, 0.6) is 5.75 Å². The summed E-state index contributed by atoms with van der Waals surface area (Å²) in [7, 11) is 0. The van der Waals surface area contributed by atoms with E-state index in [0.717, 1.165) is 57.4 Å². The van der Waals surface area contributed by atoms with Gasteiger partial charge in [0.2, 0.25) is 5.95 Å². The Bertz CT molecular complexity index is 1230. The van der Waals surface area contributed by atoms with E-state index in [4.69, 9.17) is 14.0 Å². The molecular formula is C27H33F2N7O3. The lowest BCUT2D eigenvalue weighted by Crippen LogP contribution is -2.51. The first-order valence-electron chi connectivity index (χ1n) is 13.6. The van der Waals surface area contributed by atoms with Gasteiger partial charge in [0.1, 0.15) is 11.6 Å². The van der Waals surface area contributed by atoms with Crippen LogP contribution in [0.4, 0.5) is 14.7 Å². The van der Waals surface area contributed by atoms with E-state index in [1.165, 1.54) is 12.1 Å². The number of hydrogen-bond donors (Lipinski definition) is 3. The third-order valence-corrected chi connectivity index (χ3v) is 8.54. The average molecular weight is 542 g/mol. The number of piperidine rings is 1. The fourth-order valence-corrected chi connectivity index (χ4v) is 6.50. The van der Waals surface area contributed by atoms with E-state index in [-0.39, 0.29) is 17.4 Å². The molecule has 208 valence electrons. The van der Waals surface area contributed by atoms with Crippen LogP contribution >= 0.6 is 0 Å². The number of nitrogens with one attached hydrogen (secondary N) is 3. The molecule has 6 rings (SSSR count). The molecule has 39 heavy (non-hydrogen) atoms. The minimum Gasteiger partial charge on any atom is -0.490 e. The van der Waals surface area contributed by atoms with Gasteiger partial charge in [0.25, 0.3) is 0 Å². The number of benzene rings is 1. The molecule has 5 atom stereocenters. The second kappa shape index (κ2) is 11.5. The van der Waals surface area contributed by atoms with Gasteiger partial charge in [-0.1, -0.05) is 0 Å². The van der Waals surface area contributed by atoms with Crippen LogP contribution in [-0.4, -0.2) is 72.4 Å². The van der Waals surface area contributed by atoms with Crippen molar-refractivity contribution in [3.8, 4) is 5.75 Å². The normalized spacial score (nSPS) is 29.0. The SMILES string of the molecule is Fc1ccc(F)c([C@H]2CNC[C@@H]2Nc2ncc(OCC[C@@]3(c4cnno4)CCNCC3[C@@H]3CCOC3)cn2)c1. The highest BCUT2D eigenvalue weighted by Gasteiger charge is 2.49. The van der Waals surface area contributed by atoms with Crippen LogP contribution in [0.2, 0.25) is 0 Å². The van der Waals surface area contributed by atoms with Gasteiger partial charge >= 0.3 is 0 Å². The second-order valence-electron chi connectivity index (χ2n) is 10.6. The summed E-state index contributed by atoms with van der Waals surface area (Å²) in [5.74, 6) is 1.40. The highest BCUT2D eigenvalue weighted by molar-refractivity contribution is 5.34. The molecule has 3 fully saturated rings. The maximum absolute atomic E-state index is 14.4. The van der Waals surface area contributed by atoms with Gasteiger partial charge in [-0.3, -0.25) is 0 Å². The van der Waals surface area contributed by atoms with E-state index in [0.29, 0.717) is 48.8 Å². The molecular weight excluding hydrogens is 508 g/mol. The Morgan fingerprint density at radius 1 is 1.10 bits per heavy atom. The number of rotatable bonds is 9. The predicted octanol–water partition coefficient (Wildman–Crippen LogP) is 2.66. The van der Waals surface area contributed by atoms with Crippen LogP contribution in [-0.2, 0) is 10.2 Å². The Hall–Kier alpha value is -3.22. The maximum atomic E-state index is 14.4. The lowest BCUT2D eigenvalue weighted by molar-refractivity contribution is 0.0707. The van der Waals surface area contributed by atoms with Crippen molar-refractivity contribution in [3.63, 3.8) is 0 Å². The molecule has 0 aliphatic carbocycles. The van der Waals surface area contributed by atoms with E-state index in [1.807, 2.05) is 0 Å². The predicted molar refractivity (Wildman–Crippen MR) is 137 cm³/mol. The zero-order chi connectivity index (χ0) is 26.7.